The number of nitro groups is 1. The van der Waals surface area contributed by atoms with Gasteiger partial charge in [0.2, 0.25) is 5.82 Å². The molecule has 1 heterocycles. The number of hydrogen-bond acceptors (Lipinski definition) is 7. The van der Waals surface area contributed by atoms with Gasteiger partial charge in [0.1, 0.15) is 6.61 Å². The van der Waals surface area contributed by atoms with Crippen LogP contribution >= 0.6 is 38.5 Å². The Morgan fingerprint density at radius 1 is 1.26 bits per heavy atom. The average molecular weight is 597 g/mol. The first-order valence-electron chi connectivity index (χ1n) is 9.20. The number of benzene rings is 2. The standard InChI is InChI=1S/C21H18BrIN4O4/c1-2-30-19-11-15(12-25-26-21-18(27(28)29)4-3-9-24-21)10-17(23)20(19)31-13-14-5-7-16(22)8-6-14/h3-12H,2,13H2,1H3,(H,24,26)/b25-12-. The van der Waals surface area contributed by atoms with E-state index in [4.69, 9.17) is 9.47 Å². The highest BCUT2D eigenvalue weighted by Crippen LogP contribution is 2.34. The van der Waals surface area contributed by atoms with Crippen molar-refractivity contribution in [3.05, 3.63) is 84.0 Å². The number of hydrazone groups is 1. The minimum Gasteiger partial charge on any atom is -0.490 e. The summed E-state index contributed by atoms with van der Waals surface area (Å²) in [6.07, 6.45) is 3.00. The highest BCUT2D eigenvalue weighted by Gasteiger charge is 2.14. The van der Waals surface area contributed by atoms with Crippen LogP contribution in [0.5, 0.6) is 11.5 Å². The van der Waals surface area contributed by atoms with E-state index in [2.05, 4.69) is 54.0 Å². The highest BCUT2D eigenvalue weighted by atomic mass is 127. The molecule has 3 aromatic rings. The fraction of sp³-hybridized carbons (Fsp3) is 0.143. The van der Waals surface area contributed by atoms with Crippen molar-refractivity contribution in [1.29, 1.82) is 0 Å². The molecule has 0 fully saturated rings. The van der Waals surface area contributed by atoms with Gasteiger partial charge in [0.15, 0.2) is 11.5 Å². The third-order valence-electron chi connectivity index (χ3n) is 4.00. The van der Waals surface area contributed by atoms with Crippen LogP contribution in [0.2, 0.25) is 0 Å². The van der Waals surface area contributed by atoms with Gasteiger partial charge in [0.05, 0.1) is 21.3 Å². The van der Waals surface area contributed by atoms with Gasteiger partial charge in [-0.05, 0) is 71.0 Å². The minimum absolute atomic E-state index is 0.0675. The molecule has 31 heavy (non-hydrogen) atoms. The van der Waals surface area contributed by atoms with Crippen LogP contribution in [0.25, 0.3) is 0 Å². The number of anilines is 1. The predicted molar refractivity (Wildman–Crippen MR) is 131 cm³/mol. The molecule has 2 aromatic carbocycles. The Balaban J connectivity index is 1.77. The second kappa shape index (κ2) is 11.0. The second-order valence-corrected chi connectivity index (χ2v) is 8.25. The van der Waals surface area contributed by atoms with Crippen molar-refractivity contribution in [2.24, 2.45) is 5.10 Å². The van der Waals surface area contributed by atoms with E-state index < -0.39 is 4.92 Å². The molecule has 3 rings (SSSR count). The van der Waals surface area contributed by atoms with Crippen LogP contribution in [0.15, 0.2) is 64.3 Å². The van der Waals surface area contributed by atoms with Gasteiger partial charge < -0.3 is 9.47 Å². The summed E-state index contributed by atoms with van der Waals surface area (Å²) in [5.41, 5.74) is 4.25. The lowest BCUT2D eigenvalue weighted by atomic mass is 10.2. The van der Waals surface area contributed by atoms with E-state index in [9.17, 15) is 10.1 Å². The topological polar surface area (TPSA) is 98.9 Å². The van der Waals surface area contributed by atoms with Crippen LogP contribution in [-0.4, -0.2) is 22.7 Å². The van der Waals surface area contributed by atoms with E-state index in [1.54, 1.807) is 12.3 Å². The van der Waals surface area contributed by atoms with Crippen molar-refractivity contribution in [1.82, 2.24) is 4.98 Å². The predicted octanol–water partition coefficient (Wildman–Crippen LogP) is 5.78. The average Bonchev–Trinajstić information content (AvgIpc) is 2.75. The van der Waals surface area contributed by atoms with Crippen molar-refractivity contribution in [2.75, 3.05) is 12.0 Å². The molecule has 0 saturated carbocycles. The van der Waals surface area contributed by atoms with Gasteiger partial charge in [-0.2, -0.15) is 5.10 Å². The summed E-state index contributed by atoms with van der Waals surface area (Å²) in [5.74, 6) is 1.31. The van der Waals surface area contributed by atoms with Crippen LogP contribution in [-0.2, 0) is 6.61 Å². The van der Waals surface area contributed by atoms with E-state index in [1.165, 1.54) is 18.3 Å². The lowest BCUT2D eigenvalue weighted by molar-refractivity contribution is -0.384. The maximum absolute atomic E-state index is 11.1. The van der Waals surface area contributed by atoms with Gasteiger partial charge in [0.25, 0.3) is 0 Å². The summed E-state index contributed by atoms with van der Waals surface area (Å²) in [4.78, 5) is 14.5. The summed E-state index contributed by atoms with van der Waals surface area (Å²) < 4.78 is 13.6. The van der Waals surface area contributed by atoms with Gasteiger partial charge in [-0.25, -0.2) is 4.98 Å². The number of hydrogen-bond donors (Lipinski definition) is 1. The van der Waals surface area contributed by atoms with Crippen molar-refractivity contribution < 1.29 is 14.4 Å². The molecule has 0 radical (unpaired) electrons. The molecule has 0 unspecified atom stereocenters. The summed E-state index contributed by atoms with van der Waals surface area (Å²) in [6.45, 7) is 2.78. The number of nitrogens with one attached hydrogen (secondary N) is 1. The van der Waals surface area contributed by atoms with Crippen molar-refractivity contribution in [3.63, 3.8) is 0 Å². The van der Waals surface area contributed by atoms with Gasteiger partial charge in [-0.1, -0.05) is 28.1 Å². The number of rotatable bonds is 9. The molecular formula is C21H18BrIN4O4. The maximum Gasteiger partial charge on any atom is 0.313 e. The molecule has 0 aliphatic rings. The summed E-state index contributed by atoms with van der Waals surface area (Å²) in [5, 5.41) is 15.2. The molecule has 8 nitrogen and oxygen atoms in total. The van der Waals surface area contributed by atoms with Gasteiger partial charge in [-0.15, -0.1) is 0 Å². The zero-order chi connectivity index (χ0) is 22.2. The van der Waals surface area contributed by atoms with Gasteiger partial charge in [0, 0.05) is 16.7 Å². The molecule has 0 atom stereocenters. The third kappa shape index (κ3) is 6.37. The lowest BCUT2D eigenvalue weighted by Gasteiger charge is -2.15. The summed E-state index contributed by atoms with van der Waals surface area (Å²) in [6, 6.07) is 14.5. The van der Waals surface area contributed by atoms with Gasteiger partial charge in [-0.3, -0.25) is 15.5 Å². The van der Waals surface area contributed by atoms with E-state index in [1.807, 2.05) is 37.3 Å². The first kappa shape index (κ1) is 22.9. The van der Waals surface area contributed by atoms with E-state index >= 15 is 0 Å². The first-order chi connectivity index (χ1) is 15.0. The molecule has 0 amide bonds. The molecule has 0 spiro atoms. The Morgan fingerprint density at radius 3 is 2.74 bits per heavy atom. The number of aromatic nitrogens is 1. The Hall–Kier alpha value is -2.73. The monoisotopic (exact) mass is 596 g/mol. The molecular weight excluding hydrogens is 579 g/mol. The number of nitrogens with zero attached hydrogens (tertiary/aromatic N) is 3. The minimum atomic E-state index is -0.515. The Morgan fingerprint density at radius 2 is 2.03 bits per heavy atom. The maximum atomic E-state index is 11.1. The Labute approximate surface area is 201 Å². The molecule has 1 N–H and O–H groups in total. The normalized spacial score (nSPS) is 10.8. The summed E-state index contributed by atoms with van der Waals surface area (Å²) in [7, 11) is 0. The number of pyridine rings is 1. The second-order valence-electron chi connectivity index (χ2n) is 6.18. The number of halogens is 2. The largest absolute Gasteiger partial charge is 0.490 e. The van der Waals surface area contributed by atoms with Crippen LogP contribution in [0.4, 0.5) is 11.5 Å². The summed E-state index contributed by atoms with van der Waals surface area (Å²) >= 11 is 5.60. The first-order valence-corrected chi connectivity index (χ1v) is 11.1. The van der Waals surface area contributed by atoms with Crippen molar-refractivity contribution >= 4 is 56.2 Å². The van der Waals surface area contributed by atoms with E-state index in [-0.39, 0.29) is 11.5 Å². The van der Waals surface area contributed by atoms with Crippen molar-refractivity contribution in [3.8, 4) is 11.5 Å². The van der Waals surface area contributed by atoms with Crippen molar-refractivity contribution in [2.45, 2.75) is 13.5 Å². The van der Waals surface area contributed by atoms with Gasteiger partial charge >= 0.3 is 5.69 Å². The highest BCUT2D eigenvalue weighted by molar-refractivity contribution is 14.1. The zero-order valence-corrected chi connectivity index (χ0v) is 20.2. The quantitative estimate of drug-likeness (QED) is 0.145. The van der Waals surface area contributed by atoms with Crippen LogP contribution < -0.4 is 14.9 Å². The Bertz CT molecular complexity index is 1090. The fourth-order valence-corrected chi connectivity index (χ4v) is 3.65. The molecule has 0 saturated heterocycles. The third-order valence-corrected chi connectivity index (χ3v) is 5.33. The van der Waals surface area contributed by atoms with E-state index in [0.717, 1.165) is 19.2 Å². The molecule has 1 aromatic heterocycles. The lowest BCUT2D eigenvalue weighted by Crippen LogP contribution is -2.03. The Kier molecular flexibility index (Phi) is 8.18. The van der Waals surface area contributed by atoms with Crippen LogP contribution in [0.1, 0.15) is 18.1 Å². The molecule has 160 valence electrons. The van der Waals surface area contributed by atoms with E-state index in [0.29, 0.717) is 24.7 Å². The number of ether oxygens (including phenoxy) is 2. The molecule has 0 aliphatic carbocycles. The fourth-order valence-electron chi connectivity index (χ4n) is 2.60. The molecule has 0 bridgehead atoms. The zero-order valence-electron chi connectivity index (χ0n) is 16.4. The molecule has 0 aliphatic heterocycles. The smallest absolute Gasteiger partial charge is 0.313 e. The molecule has 10 heteroatoms. The van der Waals surface area contributed by atoms with Crippen LogP contribution in [0, 0.1) is 13.7 Å². The SMILES string of the molecule is CCOc1cc(/C=N\Nc2ncccc2[N+](=O)[O-])cc(I)c1OCc1ccc(Br)cc1. The van der Waals surface area contributed by atoms with Crippen LogP contribution in [0.3, 0.4) is 0 Å².